The zero-order chi connectivity index (χ0) is 19.9. The minimum Gasteiger partial charge on any atom is -0.367 e. The summed E-state index contributed by atoms with van der Waals surface area (Å²) in [5.74, 6) is -0.162. The number of aromatic nitrogens is 1. The number of anilines is 2. The number of hydrogen-bond acceptors (Lipinski definition) is 5. The molecule has 1 amide bonds. The smallest absolute Gasteiger partial charge is 0.250 e. The lowest BCUT2D eigenvalue weighted by Crippen LogP contribution is -2.29. The molecule has 1 aliphatic heterocycles. The molecule has 1 N–H and O–H groups in total. The largest absolute Gasteiger partial charge is 0.367 e. The quantitative estimate of drug-likeness (QED) is 0.602. The molecule has 2 heterocycles. The highest BCUT2D eigenvalue weighted by atomic mass is 32.1. The summed E-state index contributed by atoms with van der Waals surface area (Å²) in [4.78, 5) is 19.4. The van der Waals surface area contributed by atoms with Crippen molar-refractivity contribution in [2.24, 2.45) is 0 Å². The van der Waals surface area contributed by atoms with Gasteiger partial charge in [-0.2, -0.15) is 0 Å². The number of ether oxygens (including phenoxy) is 1. The number of nitrogens with zero attached hydrogens (tertiary/aromatic N) is 2. The maximum absolute atomic E-state index is 12.2. The maximum atomic E-state index is 12.2. The molecule has 1 saturated heterocycles. The van der Waals surface area contributed by atoms with Crippen molar-refractivity contribution >= 4 is 28.1 Å². The Labute approximate surface area is 175 Å². The van der Waals surface area contributed by atoms with Gasteiger partial charge in [-0.05, 0) is 37.0 Å². The molecule has 1 aliphatic rings. The number of carbonyl (C=O) groups excluding carboxylic acids is 1. The summed E-state index contributed by atoms with van der Waals surface area (Å²) in [5, 5.41) is 6.09. The van der Waals surface area contributed by atoms with Crippen LogP contribution in [0.4, 0.5) is 10.8 Å². The Hall–Kier alpha value is -2.70. The van der Waals surface area contributed by atoms with E-state index in [1.807, 2.05) is 54.6 Å². The Kier molecular flexibility index (Phi) is 6.54. The van der Waals surface area contributed by atoms with Gasteiger partial charge in [-0.3, -0.25) is 4.79 Å². The SMILES string of the molecule is O=C(COCc1ccccc1)Nc1cccc(-c2csc(N3CCCCC3)n2)c1. The molecule has 0 bridgehead atoms. The van der Waals surface area contributed by atoms with E-state index < -0.39 is 0 Å². The summed E-state index contributed by atoms with van der Waals surface area (Å²) in [7, 11) is 0. The monoisotopic (exact) mass is 407 g/mol. The molecule has 4 rings (SSSR count). The first kappa shape index (κ1) is 19.6. The average molecular weight is 408 g/mol. The highest BCUT2D eigenvalue weighted by Gasteiger charge is 2.15. The van der Waals surface area contributed by atoms with Gasteiger partial charge in [0.1, 0.15) is 6.61 Å². The van der Waals surface area contributed by atoms with Crippen molar-refractivity contribution in [1.29, 1.82) is 0 Å². The number of hydrogen-bond donors (Lipinski definition) is 1. The van der Waals surface area contributed by atoms with Gasteiger partial charge in [-0.15, -0.1) is 11.3 Å². The minimum absolute atomic E-state index is 0.0227. The summed E-state index contributed by atoms with van der Waals surface area (Å²) in [6.45, 7) is 2.62. The van der Waals surface area contributed by atoms with E-state index in [0.717, 1.165) is 40.7 Å². The van der Waals surface area contributed by atoms with Gasteiger partial charge in [0.15, 0.2) is 5.13 Å². The van der Waals surface area contributed by atoms with E-state index in [1.54, 1.807) is 11.3 Å². The number of piperidine rings is 1. The minimum atomic E-state index is -0.162. The Balaban J connectivity index is 1.33. The van der Waals surface area contributed by atoms with E-state index in [2.05, 4.69) is 15.6 Å². The topological polar surface area (TPSA) is 54.5 Å². The molecule has 0 unspecified atom stereocenters. The fraction of sp³-hybridized carbons (Fsp3) is 0.304. The molecule has 3 aromatic rings. The van der Waals surface area contributed by atoms with Crippen molar-refractivity contribution in [2.45, 2.75) is 25.9 Å². The third-order valence-electron chi connectivity index (χ3n) is 4.91. The van der Waals surface area contributed by atoms with Crippen molar-refractivity contribution in [3.63, 3.8) is 0 Å². The van der Waals surface area contributed by atoms with E-state index in [1.165, 1.54) is 19.3 Å². The second-order valence-electron chi connectivity index (χ2n) is 7.17. The van der Waals surface area contributed by atoms with E-state index >= 15 is 0 Å². The molecule has 1 fully saturated rings. The van der Waals surface area contributed by atoms with Gasteiger partial charge >= 0.3 is 0 Å². The van der Waals surface area contributed by atoms with Crippen LogP contribution in [0.2, 0.25) is 0 Å². The third kappa shape index (κ3) is 5.43. The van der Waals surface area contributed by atoms with Crippen LogP contribution in [0.1, 0.15) is 24.8 Å². The Bertz CT molecular complexity index is 936. The van der Waals surface area contributed by atoms with Gasteiger partial charge in [0, 0.05) is 29.7 Å². The fourth-order valence-electron chi connectivity index (χ4n) is 3.42. The predicted octanol–water partition coefficient (Wildman–Crippen LogP) is 4.96. The van der Waals surface area contributed by atoms with Crippen LogP contribution in [0.5, 0.6) is 0 Å². The van der Waals surface area contributed by atoms with Gasteiger partial charge in [-0.1, -0.05) is 42.5 Å². The van der Waals surface area contributed by atoms with Crippen LogP contribution in [-0.4, -0.2) is 30.6 Å². The standard InChI is InChI=1S/C23H25N3O2S/c27-22(16-28-15-18-8-3-1-4-9-18)24-20-11-7-10-19(14-20)21-17-29-23(25-21)26-12-5-2-6-13-26/h1,3-4,7-11,14,17H,2,5-6,12-13,15-16H2,(H,24,27). The molecule has 0 radical (unpaired) electrons. The van der Waals surface area contributed by atoms with Crippen LogP contribution in [0.3, 0.4) is 0 Å². The molecule has 150 valence electrons. The summed E-state index contributed by atoms with van der Waals surface area (Å²) in [6.07, 6.45) is 3.79. The normalized spacial score (nSPS) is 14.0. The predicted molar refractivity (Wildman–Crippen MR) is 118 cm³/mol. The lowest BCUT2D eigenvalue weighted by molar-refractivity contribution is -0.121. The summed E-state index contributed by atoms with van der Waals surface area (Å²) >= 11 is 1.69. The number of benzene rings is 2. The highest BCUT2D eigenvalue weighted by molar-refractivity contribution is 7.14. The molecule has 0 spiro atoms. The molecule has 29 heavy (non-hydrogen) atoms. The van der Waals surface area contributed by atoms with Crippen molar-refractivity contribution in [3.05, 3.63) is 65.5 Å². The Morgan fingerprint density at radius 1 is 1.07 bits per heavy atom. The Morgan fingerprint density at radius 2 is 1.90 bits per heavy atom. The molecule has 0 saturated carbocycles. The lowest BCUT2D eigenvalue weighted by atomic mass is 10.1. The summed E-state index contributed by atoms with van der Waals surface area (Å²) in [6, 6.07) is 17.6. The number of rotatable bonds is 7. The lowest BCUT2D eigenvalue weighted by Gasteiger charge is -2.25. The van der Waals surface area contributed by atoms with Crippen molar-refractivity contribution in [3.8, 4) is 11.3 Å². The molecule has 1 aromatic heterocycles. The van der Waals surface area contributed by atoms with E-state index in [4.69, 9.17) is 9.72 Å². The van der Waals surface area contributed by atoms with Crippen molar-refractivity contribution in [1.82, 2.24) is 4.98 Å². The van der Waals surface area contributed by atoms with Gasteiger partial charge in [-0.25, -0.2) is 4.98 Å². The number of carbonyl (C=O) groups is 1. The number of amides is 1. The molecule has 0 aliphatic carbocycles. The first-order chi connectivity index (χ1) is 14.3. The van der Waals surface area contributed by atoms with Gasteiger partial charge < -0.3 is 15.0 Å². The second kappa shape index (κ2) is 9.67. The third-order valence-corrected chi connectivity index (χ3v) is 5.81. The van der Waals surface area contributed by atoms with Crippen LogP contribution in [-0.2, 0) is 16.1 Å². The van der Waals surface area contributed by atoms with Crippen LogP contribution in [0.25, 0.3) is 11.3 Å². The molecule has 6 heteroatoms. The highest BCUT2D eigenvalue weighted by Crippen LogP contribution is 2.30. The second-order valence-corrected chi connectivity index (χ2v) is 8.01. The molecule has 0 atom stereocenters. The molecular formula is C23H25N3O2S. The van der Waals surface area contributed by atoms with Crippen molar-refractivity contribution < 1.29 is 9.53 Å². The fourth-order valence-corrected chi connectivity index (χ4v) is 4.30. The van der Waals surface area contributed by atoms with Crippen LogP contribution < -0.4 is 10.2 Å². The maximum Gasteiger partial charge on any atom is 0.250 e. The first-order valence-electron chi connectivity index (χ1n) is 10.0. The molecular weight excluding hydrogens is 382 g/mol. The zero-order valence-corrected chi connectivity index (χ0v) is 17.2. The molecule has 5 nitrogen and oxygen atoms in total. The zero-order valence-electron chi connectivity index (χ0n) is 16.3. The van der Waals surface area contributed by atoms with Crippen LogP contribution in [0.15, 0.2) is 60.0 Å². The van der Waals surface area contributed by atoms with Crippen LogP contribution >= 0.6 is 11.3 Å². The summed E-state index contributed by atoms with van der Waals surface area (Å²) in [5.41, 5.74) is 3.76. The van der Waals surface area contributed by atoms with Crippen molar-refractivity contribution in [2.75, 3.05) is 29.9 Å². The number of thiazole rings is 1. The summed E-state index contributed by atoms with van der Waals surface area (Å²) < 4.78 is 5.51. The average Bonchev–Trinajstić information content (AvgIpc) is 3.26. The number of nitrogens with one attached hydrogen (secondary N) is 1. The van der Waals surface area contributed by atoms with E-state index in [0.29, 0.717) is 6.61 Å². The Morgan fingerprint density at radius 3 is 2.72 bits per heavy atom. The molecule has 2 aromatic carbocycles. The van der Waals surface area contributed by atoms with E-state index in [-0.39, 0.29) is 12.5 Å². The van der Waals surface area contributed by atoms with Gasteiger partial charge in [0.05, 0.1) is 12.3 Å². The van der Waals surface area contributed by atoms with Gasteiger partial charge in [0.2, 0.25) is 5.91 Å². The van der Waals surface area contributed by atoms with E-state index in [9.17, 15) is 4.79 Å². The van der Waals surface area contributed by atoms with Gasteiger partial charge in [0.25, 0.3) is 0 Å². The first-order valence-corrected chi connectivity index (χ1v) is 10.9. The van der Waals surface area contributed by atoms with Crippen LogP contribution in [0, 0.1) is 0 Å².